The highest BCUT2D eigenvalue weighted by molar-refractivity contribution is 5.74. The molecule has 2 amide bonds. The minimum Gasteiger partial charge on any atom is -0.481 e. The Bertz CT molecular complexity index is 282. The molecular formula is C13H27N3O3. The molecule has 19 heavy (non-hydrogen) atoms. The number of nitrogens with zero attached hydrogens (tertiary/aromatic N) is 2. The lowest BCUT2D eigenvalue weighted by Gasteiger charge is -2.21. The first kappa shape index (κ1) is 17.7. The van der Waals surface area contributed by atoms with E-state index < -0.39 is 5.97 Å². The van der Waals surface area contributed by atoms with E-state index in [4.69, 9.17) is 5.11 Å². The number of rotatable bonds is 9. The molecule has 1 atom stereocenters. The second-order valence-electron chi connectivity index (χ2n) is 5.14. The van der Waals surface area contributed by atoms with E-state index in [9.17, 15) is 9.59 Å². The summed E-state index contributed by atoms with van der Waals surface area (Å²) in [5, 5.41) is 11.5. The van der Waals surface area contributed by atoms with E-state index in [1.807, 2.05) is 21.0 Å². The van der Waals surface area contributed by atoms with Crippen molar-refractivity contribution in [1.82, 2.24) is 15.1 Å². The van der Waals surface area contributed by atoms with E-state index in [1.54, 1.807) is 11.9 Å². The van der Waals surface area contributed by atoms with Gasteiger partial charge in [-0.25, -0.2) is 4.79 Å². The van der Waals surface area contributed by atoms with Crippen molar-refractivity contribution in [3.05, 3.63) is 0 Å². The molecule has 6 heteroatoms. The lowest BCUT2D eigenvalue weighted by atomic mass is 10.0. The summed E-state index contributed by atoms with van der Waals surface area (Å²) >= 11 is 0. The maximum Gasteiger partial charge on any atom is 0.317 e. The number of amides is 2. The monoisotopic (exact) mass is 273 g/mol. The minimum absolute atomic E-state index is 0.00312. The van der Waals surface area contributed by atoms with Gasteiger partial charge in [-0.1, -0.05) is 13.3 Å². The van der Waals surface area contributed by atoms with Crippen molar-refractivity contribution < 1.29 is 14.7 Å². The van der Waals surface area contributed by atoms with Gasteiger partial charge in [0.25, 0.3) is 0 Å². The summed E-state index contributed by atoms with van der Waals surface area (Å²) in [6.07, 6.45) is 1.77. The number of carboxylic acid groups (broad SMARTS) is 1. The molecule has 0 saturated heterocycles. The van der Waals surface area contributed by atoms with Crippen molar-refractivity contribution in [2.75, 3.05) is 40.8 Å². The molecule has 6 nitrogen and oxygen atoms in total. The second-order valence-corrected chi connectivity index (χ2v) is 5.14. The maximum absolute atomic E-state index is 11.8. The normalized spacial score (nSPS) is 12.3. The molecule has 0 heterocycles. The Morgan fingerprint density at radius 2 is 1.84 bits per heavy atom. The summed E-state index contributed by atoms with van der Waals surface area (Å²) in [7, 11) is 5.75. The molecule has 0 aromatic heterocycles. The summed E-state index contributed by atoms with van der Waals surface area (Å²) in [5.41, 5.74) is 0. The van der Waals surface area contributed by atoms with Gasteiger partial charge in [-0.2, -0.15) is 0 Å². The zero-order valence-corrected chi connectivity index (χ0v) is 12.5. The first-order chi connectivity index (χ1) is 8.86. The van der Waals surface area contributed by atoms with Crippen LogP contribution in [-0.4, -0.2) is 67.7 Å². The molecular weight excluding hydrogens is 246 g/mol. The van der Waals surface area contributed by atoms with E-state index in [1.165, 1.54) is 0 Å². The van der Waals surface area contributed by atoms with Gasteiger partial charge in [0, 0.05) is 26.6 Å². The predicted octanol–water partition coefficient (Wildman–Crippen LogP) is 1.08. The van der Waals surface area contributed by atoms with Crippen molar-refractivity contribution in [2.24, 2.45) is 5.92 Å². The van der Waals surface area contributed by atoms with E-state index in [0.29, 0.717) is 13.1 Å². The van der Waals surface area contributed by atoms with Crippen LogP contribution < -0.4 is 5.32 Å². The van der Waals surface area contributed by atoms with E-state index in [2.05, 4.69) is 10.2 Å². The topological polar surface area (TPSA) is 72.9 Å². The van der Waals surface area contributed by atoms with Gasteiger partial charge in [0.2, 0.25) is 0 Å². The molecule has 0 radical (unpaired) electrons. The van der Waals surface area contributed by atoms with Crippen LogP contribution in [0, 0.1) is 5.92 Å². The van der Waals surface area contributed by atoms with Crippen molar-refractivity contribution in [1.29, 1.82) is 0 Å². The number of aliphatic carboxylic acids is 1. The minimum atomic E-state index is -0.819. The molecule has 0 saturated carbocycles. The first-order valence-corrected chi connectivity index (χ1v) is 6.72. The van der Waals surface area contributed by atoms with E-state index in [-0.39, 0.29) is 18.4 Å². The molecule has 1 unspecified atom stereocenters. The van der Waals surface area contributed by atoms with Gasteiger partial charge in [-0.3, -0.25) is 4.79 Å². The molecule has 0 rings (SSSR count). The van der Waals surface area contributed by atoms with Crippen LogP contribution in [-0.2, 0) is 4.79 Å². The molecule has 112 valence electrons. The Hall–Kier alpha value is -1.30. The van der Waals surface area contributed by atoms with Gasteiger partial charge >= 0.3 is 12.0 Å². The number of carbonyl (C=O) groups is 2. The summed E-state index contributed by atoms with van der Waals surface area (Å²) < 4.78 is 0. The SMILES string of the molecule is CCC(CNC(=O)N(C)CCCN(C)C)CC(=O)O. The van der Waals surface area contributed by atoms with Crippen LogP contribution in [0.4, 0.5) is 4.79 Å². The average molecular weight is 273 g/mol. The Morgan fingerprint density at radius 3 is 2.32 bits per heavy atom. The van der Waals surface area contributed by atoms with E-state index in [0.717, 1.165) is 19.4 Å². The first-order valence-electron chi connectivity index (χ1n) is 6.72. The highest BCUT2D eigenvalue weighted by Crippen LogP contribution is 2.06. The highest BCUT2D eigenvalue weighted by atomic mass is 16.4. The van der Waals surface area contributed by atoms with Gasteiger partial charge in [0.05, 0.1) is 0 Å². The summed E-state index contributed by atoms with van der Waals surface area (Å²) in [5.74, 6) is -0.822. The Morgan fingerprint density at radius 1 is 1.21 bits per heavy atom. The largest absolute Gasteiger partial charge is 0.481 e. The molecule has 0 aromatic rings. The van der Waals surface area contributed by atoms with Crippen molar-refractivity contribution in [3.8, 4) is 0 Å². The van der Waals surface area contributed by atoms with Crippen molar-refractivity contribution in [2.45, 2.75) is 26.2 Å². The van der Waals surface area contributed by atoms with Gasteiger partial charge in [-0.15, -0.1) is 0 Å². The quantitative estimate of drug-likeness (QED) is 0.659. The van der Waals surface area contributed by atoms with Gasteiger partial charge in [0.1, 0.15) is 0 Å². The molecule has 0 spiro atoms. The molecule has 0 aliphatic heterocycles. The third-order valence-electron chi connectivity index (χ3n) is 3.03. The van der Waals surface area contributed by atoms with Crippen LogP contribution in [0.3, 0.4) is 0 Å². The van der Waals surface area contributed by atoms with Gasteiger partial charge < -0.3 is 20.2 Å². The number of hydrogen-bond acceptors (Lipinski definition) is 3. The van der Waals surface area contributed by atoms with Crippen molar-refractivity contribution in [3.63, 3.8) is 0 Å². The van der Waals surface area contributed by atoms with Gasteiger partial charge in [0.15, 0.2) is 0 Å². The van der Waals surface area contributed by atoms with Crippen LogP contribution >= 0.6 is 0 Å². The third-order valence-corrected chi connectivity index (χ3v) is 3.03. The summed E-state index contributed by atoms with van der Waals surface area (Å²) in [6.45, 7) is 3.98. The Kier molecular flexibility index (Phi) is 8.95. The summed E-state index contributed by atoms with van der Waals surface area (Å²) in [4.78, 5) is 26.1. The molecule has 2 N–H and O–H groups in total. The standard InChI is InChI=1S/C13H27N3O3/c1-5-11(9-12(17)18)10-14-13(19)16(4)8-6-7-15(2)3/h11H,5-10H2,1-4H3,(H,14,19)(H,17,18). The van der Waals surface area contributed by atoms with Crippen LogP contribution in [0.25, 0.3) is 0 Å². The fourth-order valence-corrected chi connectivity index (χ4v) is 1.70. The molecule has 0 aliphatic carbocycles. The number of nitrogens with one attached hydrogen (secondary N) is 1. The number of urea groups is 1. The fraction of sp³-hybridized carbons (Fsp3) is 0.846. The lowest BCUT2D eigenvalue weighted by molar-refractivity contribution is -0.138. The van der Waals surface area contributed by atoms with Crippen LogP contribution in [0.15, 0.2) is 0 Å². The molecule has 0 aromatic carbocycles. The van der Waals surface area contributed by atoms with Gasteiger partial charge in [-0.05, 0) is 33.0 Å². The van der Waals surface area contributed by atoms with Crippen LogP contribution in [0.1, 0.15) is 26.2 Å². The van der Waals surface area contributed by atoms with Crippen LogP contribution in [0.2, 0.25) is 0 Å². The predicted molar refractivity (Wildman–Crippen MR) is 75.2 cm³/mol. The third kappa shape index (κ3) is 9.30. The zero-order chi connectivity index (χ0) is 14.8. The Labute approximate surface area is 115 Å². The lowest BCUT2D eigenvalue weighted by Crippen LogP contribution is -2.40. The Balaban J connectivity index is 3.91. The average Bonchev–Trinajstić information content (AvgIpc) is 2.32. The van der Waals surface area contributed by atoms with Crippen LogP contribution in [0.5, 0.6) is 0 Å². The number of hydrogen-bond donors (Lipinski definition) is 2. The van der Waals surface area contributed by atoms with E-state index >= 15 is 0 Å². The number of carboxylic acids is 1. The fourth-order valence-electron chi connectivity index (χ4n) is 1.70. The zero-order valence-electron chi connectivity index (χ0n) is 12.5. The van der Waals surface area contributed by atoms with Crippen molar-refractivity contribution >= 4 is 12.0 Å². The maximum atomic E-state index is 11.8. The molecule has 0 aliphatic rings. The second kappa shape index (κ2) is 9.61. The molecule has 0 fully saturated rings. The highest BCUT2D eigenvalue weighted by Gasteiger charge is 2.14. The number of carbonyl (C=O) groups excluding carboxylic acids is 1. The smallest absolute Gasteiger partial charge is 0.317 e. The summed E-state index contributed by atoms with van der Waals surface area (Å²) in [6, 6.07) is -0.136. The molecule has 0 bridgehead atoms.